The van der Waals surface area contributed by atoms with Crippen molar-refractivity contribution in [3.8, 4) is 17.0 Å². The predicted octanol–water partition coefficient (Wildman–Crippen LogP) is 5.72. The third-order valence-electron chi connectivity index (χ3n) is 3.42. The van der Waals surface area contributed by atoms with E-state index >= 15 is 0 Å². The highest BCUT2D eigenvalue weighted by molar-refractivity contribution is 7.14. The fraction of sp³-hybridized carbons (Fsp3) is 0.0526. The van der Waals surface area contributed by atoms with Crippen molar-refractivity contribution in [1.82, 2.24) is 4.98 Å². The summed E-state index contributed by atoms with van der Waals surface area (Å²) in [5.41, 5.74) is 2.14. The average Bonchev–Trinajstić information content (AvgIpc) is 3.09. The van der Waals surface area contributed by atoms with E-state index in [1.54, 1.807) is 24.3 Å². The van der Waals surface area contributed by atoms with Crippen LogP contribution in [0.3, 0.4) is 0 Å². The van der Waals surface area contributed by atoms with Crippen molar-refractivity contribution in [2.24, 2.45) is 0 Å². The summed E-state index contributed by atoms with van der Waals surface area (Å²) in [5.74, 6) is -0.301. The molecule has 3 aromatic rings. The number of carbonyl (C=O) groups is 1. The molecule has 2 aromatic carbocycles. The number of thiazole rings is 1. The second-order valence-corrected chi connectivity index (χ2v) is 6.55. The van der Waals surface area contributed by atoms with E-state index in [0.29, 0.717) is 21.4 Å². The molecule has 4 nitrogen and oxygen atoms in total. The Morgan fingerprint density at radius 3 is 2.63 bits per heavy atom. The molecular formula is C19H13ClF2N2O2S. The minimum absolute atomic E-state index is 0.0569. The van der Waals surface area contributed by atoms with Crippen LogP contribution in [0.15, 0.2) is 60.0 Å². The number of nitrogens with zero attached hydrogens (tertiary/aromatic N) is 1. The number of benzene rings is 2. The molecule has 138 valence electrons. The van der Waals surface area contributed by atoms with Gasteiger partial charge in [0.25, 0.3) is 0 Å². The van der Waals surface area contributed by atoms with E-state index in [2.05, 4.69) is 15.0 Å². The zero-order valence-corrected chi connectivity index (χ0v) is 15.3. The minimum atomic E-state index is -2.87. The first-order chi connectivity index (χ1) is 13.0. The molecule has 0 unspecified atom stereocenters. The van der Waals surface area contributed by atoms with E-state index in [0.717, 1.165) is 5.56 Å². The Bertz CT molecular complexity index is 958. The lowest BCUT2D eigenvalue weighted by molar-refractivity contribution is -0.111. The molecule has 27 heavy (non-hydrogen) atoms. The summed E-state index contributed by atoms with van der Waals surface area (Å²) in [5, 5.41) is 5.51. The number of carbonyl (C=O) groups excluding carboxylic acids is 1. The average molecular weight is 407 g/mol. The van der Waals surface area contributed by atoms with Gasteiger partial charge in [-0.25, -0.2) is 4.98 Å². The summed E-state index contributed by atoms with van der Waals surface area (Å²) in [6.07, 6.45) is 2.89. The summed E-state index contributed by atoms with van der Waals surface area (Å²) >= 11 is 7.43. The highest BCUT2D eigenvalue weighted by atomic mass is 35.5. The van der Waals surface area contributed by atoms with Gasteiger partial charge in [0, 0.05) is 22.0 Å². The molecule has 1 N–H and O–H groups in total. The van der Waals surface area contributed by atoms with Crippen LogP contribution in [0, 0.1) is 0 Å². The second-order valence-electron chi connectivity index (χ2n) is 5.29. The van der Waals surface area contributed by atoms with Gasteiger partial charge in [0.2, 0.25) is 5.91 Å². The monoisotopic (exact) mass is 406 g/mol. The van der Waals surface area contributed by atoms with Gasteiger partial charge in [-0.2, -0.15) is 8.78 Å². The van der Waals surface area contributed by atoms with Crippen LogP contribution >= 0.6 is 22.9 Å². The predicted molar refractivity (Wildman–Crippen MR) is 103 cm³/mol. The summed E-state index contributed by atoms with van der Waals surface area (Å²) in [7, 11) is 0. The van der Waals surface area contributed by atoms with Crippen molar-refractivity contribution in [2.45, 2.75) is 6.61 Å². The highest BCUT2D eigenvalue weighted by Gasteiger charge is 2.09. The third kappa shape index (κ3) is 5.35. The summed E-state index contributed by atoms with van der Waals surface area (Å²) < 4.78 is 28.5. The summed E-state index contributed by atoms with van der Waals surface area (Å²) in [6.45, 7) is -2.87. The first kappa shape index (κ1) is 19.0. The Labute approximate surface area is 163 Å². The number of halogens is 3. The van der Waals surface area contributed by atoms with Gasteiger partial charge in [0.05, 0.1) is 5.69 Å². The maximum absolute atomic E-state index is 12.1. The Hall–Kier alpha value is -2.77. The zero-order chi connectivity index (χ0) is 19.2. The molecule has 1 aromatic heterocycles. The van der Waals surface area contributed by atoms with E-state index < -0.39 is 6.61 Å². The second kappa shape index (κ2) is 8.75. The Morgan fingerprint density at radius 1 is 1.19 bits per heavy atom. The topological polar surface area (TPSA) is 51.2 Å². The van der Waals surface area contributed by atoms with Crippen molar-refractivity contribution in [3.63, 3.8) is 0 Å². The van der Waals surface area contributed by atoms with E-state index in [1.165, 1.54) is 29.5 Å². The van der Waals surface area contributed by atoms with Crippen LogP contribution in [0.25, 0.3) is 17.3 Å². The number of rotatable bonds is 6. The van der Waals surface area contributed by atoms with Crippen LogP contribution in [-0.4, -0.2) is 17.5 Å². The van der Waals surface area contributed by atoms with Crippen LogP contribution in [0.2, 0.25) is 5.02 Å². The molecule has 1 heterocycles. The van der Waals surface area contributed by atoms with Gasteiger partial charge in [0.1, 0.15) is 5.75 Å². The molecule has 0 aliphatic heterocycles. The number of hydrogen-bond donors (Lipinski definition) is 1. The molecular weight excluding hydrogens is 394 g/mol. The van der Waals surface area contributed by atoms with Crippen LogP contribution in [0.4, 0.5) is 13.9 Å². The highest BCUT2D eigenvalue weighted by Crippen LogP contribution is 2.30. The van der Waals surface area contributed by atoms with Crippen LogP contribution in [-0.2, 0) is 4.79 Å². The van der Waals surface area contributed by atoms with E-state index in [4.69, 9.17) is 11.6 Å². The Morgan fingerprint density at radius 2 is 1.93 bits per heavy atom. The number of hydrogen-bond acceptors (Lipinski definition) is 4. The SMILES string of the molecule is O=C(/C=C/c1ccc(OC(F)F)cc1)Nc1nc(-c2ccccc2Cl)cs1. The minimum Gasteiger partial charge on any atom is -0.435 e. The van der Waals surface area contributed by atoms with Gasteiger partial charge in [-0.3, -0.25) is 10.1 Å². The lowest BCUT2D eigenvalue weighted by Crippen LogP contribution is -2.07. The van der Waals surface area contributed by atoms with Crippen molar-refractivity contribution < 1.29 is 18.3 Å². The van der Waals surface area contributed by atoms with Crippen molar-refractivity contribution >= 4 is 40.1 Å². The van der Waals surface area contributed by atoms with Crippen molar-refractivity contribution in [3.05, 3.63) is 70.6 Å². The van der Waals surface area contributed by atoms with Crippen molar-refractivity contribution in [2.75, 3.05) is 5.32 Å². The van der Waals surface area contributed by atoms with Gasteiger partial charge in [-0.1, -0.05) is 41.9 Å². The third-order valence-corrected chi connectivity index (χ3v) is 4.50. The molecule has 0 radical (unpaired) electrons. The standard InChI is InChI=1S/C19H13ClF2N2O2S/c20-15-4-2-1-3-14(15)16-11-27-19(23-16)24-17(25)10-7-12-5-8-13(9-6-12)26-18(21)22/h1-11,18H,(H,23,24,25)/b10-7+. The maximum Gasteiger partial charge on any atom is 0.387 e. The molecule has 0 saturated heterocycles. The van der Waals surface area contributed by atoms with Gasteiger partial charge in [-0.15, -0.1) is 11.3 Å². The summed E-state index contributed by atoms with van der Waals surface area (Å²) in [4.78, 5) is 16.4. The molecule has 0 fully saturated rings. The van der Waals surface area contributed by atoms with E-state index in [9.17, 15) is 13.6 Å². The number of alkyl halides is 2. The van der Waals surface area contributed by atoms with Crippen LogP contribution < -0.4 is 10.1 Å². The van der Waals surface area contributed by atoms with E-state index in [1.807, 2.05) is 23.6 Å². The molecule has 0 bridgehead atoms. The number of aromatic nitrogens is 1. The number of nitrogens with one attached hydrogen (secondary N) is 1. The largest absolute Gasteiger partial charge is 0.435 e. The van der Waals surface area contributed by atoms with Crippen molar-refractivity contribution in [1.29, 1.82) is 0 Å². The maximum atomic E-state index is 12.1. The molecule has 0 aliphatic carbocycles. The van der Waals surface area contributed by atoms with E-state index in [-0.39, 0.29) is 11.7 Å². The molecule has 3 rings (SSSR count). The number of ether oxygens (including phenoxy) is 1. The quantitative estimate of drug-likeness (QED) is 0.533. The zero-order valence-electron chi connectivity index (χ0n) is 13.7. The van der Waals surface area contributed by atoms with Gasteiger partial charge >= 0.3 is 6.61 Å². The molecule has 8 heteroatoms. The molecule has 0 atom stereocenters. The smallest absolute Gasteiger partial charge is 0.387 e. The normalized spacial score (nSPS) is 11.1. The fourth-order valence-corrected chi connectivity index (χ4v) is 3.15. The van der Waals surface area contributed by atoms with Gasteiger partial charge in [-0.05, 0) is 29.8 Å². The van der Waals surface area contributed by atoms with Gasteiger partial charge < -0.3 is 4.74 Å². The Balaban J connectivity index is 1.61. The van der Waals surface area contributed by atoms with Gasteiger partial charge in [0.15, 0.2) is 5.13 Å². The Kier molecular flexibility index (Phi) is 6.16. The molecule has 1 amide bonds. The number of amides is 1. The lowest BCUT2D eigenvalue weighted by atomic mass is 10.2. The fourth-order valence-electron chi connectivity index (χ4n) is 2.20. The van der Waals surface area contributed by atoms with Crippen LogP contribution in [0.1, 0.15) is 5.56 Å². The number of anilines is 1. The molecule has 0 aliphatic rings. The molecule has 0 spiro atoms. The van der Waals surface area contributed by atoms with Crippen LogP contribution in [0.5, 0.6) is 5.75 Å². The summed E-state index contributed by atoms with van der Waals surface area (Å²) in [6, 6.07) is 13.3. The first-order valence-corrected chi connectivity index (χ1v) is 9.01. The lowest BCUT2D eigenvalue weighted by Gasteiger charge is -2.03. The first-order valence-electron chi connectivity index (χ1n) is 7.75. The molecule has 0 saturated carbocycles.